The first-order valence-electron chi connectivity index (χ1n) is 5.03. The summed E-state index contributed by atoms with van der Waals surface area (Å²) < 4.78 is 0. The normalized spacial score (nSPS) is 34.1. The van der Waals surface area contributed by atoms with Crippen molar-refractivity contribution >= 4 is 11.8 Å². The first-order chi connectivity index (χ1) is 6.25. The zero-order valence-corrected chi connectivity index (χ0v) is 9.28. The molecule has 1 aliphatic rings. The van der Waals surface area contributed by atoms with E-state index in [4.69, 9.17) is 0 Å². The number of nitrogens with one attached hydrogen (secondary N) is 1. The van der Waals surface area contributed by atoms with E-state index in [-0.39, 0.29) is 5.54 Å². The fourth-order valence-corrected chi connectivity index (χ4v) is 2.93. The van der Waals surface area contributed by atoms with Crippen molar-refractivity contribution in [2.45, 2.75) is 43.9 Å². The molecule has 74 valence electrons. The van der Waals surface area contributed by atoms with E-state index in [0.29, 0.717) is 5.25 Å². The van der Waals surface area contributed by atoms with Crippen molar-refractivity contribution in [3.63, 3.8) is 0 Å². The fraction of sp³-hybridized carbons (Fsp3) is 0.900. The van der Waals surface area contributed by atoms with E-state index in [0.717, 1.165) is 19.4 Å². The number of hydrogen-bond donors (Lipinski definition) is 1. The van der Waals surface area contributed by atoms with Gasteiger partial charge in [0.1, 0.15) is 5.54 Å². The molecule has 0 aromatic rings. The summed E-state index contributed by atoms with van der Waals surface area (Å²) in [5.74, 6) is 1.21. The minimum atomic E-state index is -0.251. The molecule has 1 fully saturated rings. The molecule has 2 atom stereocenters. The number of nitrogens with zero attached hydrogens (tertiary/aromatic N) is 1. The second-order valence-electron chi connectivity index (χ2n) is 3.63. The van der Waals surface area contributed by atoms with E-state index in [1.807, 2.05) is 11.8 Å². The lowest BCUT2D eigenvalue weighted by Crippen LogP contribution is -2.53. The molecule has 2 unspecified atom stereocenters. The molecular weight excluding hydrogens is 180 g/mol. The molecule has 0 aliphatic carbocycles. The highest BCUT2D eigenvalue weighted by Crippen LogP contribution is 2.33. The van der Waals surface area contributed by atoms with Crippen molar-refractivity contribution in [1.29, 1.82) is 5.26 Å². The molecule has 0 aromatic heterocycles. The highest BCUT2D eigenvalue weighted by atomic mass is 32.2. The van der Waals surface area contributed by atoms with Crippen molar-refractivity contribution in [2.24, 2.45) is 0 Å². The molecule has 0 saturated carbocycles. The SMILES string of the molecule is CCCNC1(C#N)CCCSC1C. The van der Waals surface area contributed by atoms with Crippen molar-refractivity contribution in [1.82, 2.24) is 5.32 Å². The van der Waals surface area contributed by atoms with Crippen LogP contribution in [0, 0.1) is 11.3 Å². The third-order valence-electron chi connectivity index (χ3n) is 2.67. The van der Waals surface area contributed by atoms with Crippen LogP contribution in [0.1, 0.15) is 33.1 Å². The molecule has 1 N–H and O–H groups in total. The van der Waals surface area contributed by atoms with Gasteiger partial charge in [0, 0.05) is 5.25 Å². The second-order valence-corrected chi connectivity index (χ2v) is 5.08. The standard InChI is InChI=1S/C10H18N2S/c1-3-6-12-10(8-11)5-4-7-13-9(10)2/h9,12H,3-7H2,1-2H3. The average Bonchev–Trinajstić information content (AvgIpc) is 2.17. The van der Waals surface area contributed by atoms with Gasteiger partial charge in [0.05, 0.1) is 6.07 Å². The number of hydrogen-bond acceptors (Lipinski definition) is 3. The molecular formula is C10H18N2S. The van der Waals surface area contributed by atoms with Gasteiger partial charge < -0.3 is 0 Å². The van der Waals surface area contributed by atoms with Gasteiger partial charge >= 0.3 is 0 Å². The van der Waals surface area contributed by atoms with Crippen molar-refractivity contribution in [3.8, 4) is 6.07 Å². The molecule has 3 heteroatoms. The van der Waals surface area contributed by atoms with E-state index < -0.39 is 0 Å². The third kappa shape index (κ3) is 2.38. The highest BCUT2D eigenvalue weighted by Gasteiger charge is 2.38. The van der Waals surface area contributed by atoms with Crippen LogP contribution in [0.4, 0.5) is 0 Å². The topological polar surface area (TPSA) is 35.8 Å². The lowest BCUT2D eigenvalue weighted by molar-refractivity contribution is 0.371. The molecule has 1 rings (SSSR count). The summed E-state index contributed by atoms with van der Waals surface area (Å²) in [6, 6.07) is 2.47. The molecule has 0 aromatic carbocycles. The Bertz CT molecular complexity index is 200. The van der Waals surface area contributed by atoms with E-state index in [9.17, 15) is 5.26 Å². The summed E-state index contributed by atoms with van der Waals surface area (Å²) in [6.45, 7) is 5.26. The zero-order valence-electron chi connectivity index (χ0n) is 8.47. The number of rotatable bonds is 3. The van der Waals surface area contributed by atoms with Crippen LogP contribution >= 0.6 is 11.8 Å². The molecule has 1 aliphatic heterocycles. The van der Waals surface area contributed by atoms with Crippen LogP contribution in [-0.2, 0) is 0 Å². The summed E-state index contributed by atoms with van der Waals surface area (Å²) in [4.78, 5) is 0. The second kappa shape index (κ2) is 4.88. The molecule has 0 amide bonds. The summed E-state index contributed by atoms with van der Waals surface area (Å²) in [6.07, 6.45) is 3.28. The summed E-state index contributed by atoms with van der Waals surface area (Å²) in [7, 11) is 0. The molecule has 1 saturated heterocycles. The minimum absolute atomic E-state index is 0.251. The van der Waals surface area contributed by atoms with Crippen LogP contribution < -0.4 is 5.32 Å². The molecule has 0 bridgehead atoms. The van der Waals surface area contributed by atoms with Crippen LogP contribution in [0.25, 0.3) is 0 Å². The van der Waals surface area contributed by atoms with Crippen LogP contribution in [0.3, 0.4) is 0 Å². The van der Waals surface area contributed by atoms with E-state index in [1.165, 1.54) is 12.2 Å². The summed E-state index contributed by atoms with van der Waals surface area (Å²) in [5.41, 5.74) is -0.251. The van der Waals surface area contributed by atoms with Gasteiger partial charge in [-0.05, 0) is 31.6 Å². The maximum absolute atomic E-state index is 9.21. The highest BCUT2D eigenvalue weighted by molar-refractivity contribution is 8.00. The van der Waals surface area contributed by atoms with Gasteiger partial charge in [-0.3, -0.25) is 5.32 Å². The van der Waals surface area contributed by atoms with Gasteiger partial charge in [0.25, 0.3) is 0 Å². The molecule has 2 nitrogen and oxygen atoms in total. The minimum Gasteiger partial charge on any atom is -0.298 e. The maximum Gasteiger partial charge on any atom is 0.118 e. The Kier molecular flexibility index (Phi) is 4.08. The van der Waals surface area contributed by atoms with Gasteiger partial charge in [-0.25, -0.2) is 0 Å². The predicted octanol–water partition coefficient (Wildman–Crippen LogP) is 2.16. The van der Waals surface area contributed by atoms with Gasteiger partial charge in [-0.15, -0.1) is 0 Å². The Morgan fingerprint density at radius 2 is 2.46 bits per heavy atom. The zero-order chi connectivity index (χ0) is 9.73. The quantitative estimate of drug-likeness (QED) is 0.755. The van der Waals surface area contributed by atoms with Crippen LogP contribution in [0.5, 0.6) is 0 Å². The number of nitriles is 1. The molecule has 0 radical (unpaired) electrons. The van der Waals surface area contributed by atoms with Crippen molar-refractivity contribution in [3.05, 3.63) is 0 Å². The Hall–Kier alpha value is -0.200. The first kappa shape index (κ1) is 10.9. The van der Waals surface area contributed by atoms with Gasteiger partial charge in [0.2, 0.25) is 0 Å². The van der Waals surface area contributed by atoms with Crippen LogP contribution in [-0.4, -0.2) is 23.1 Å². The van der Waals surface area contributed by atoms with Gasteiger partial charge in [-0.2, -0.15) is 17.0 Å². The maximum atomic E-state index is 9.21. The Morgan fingerprint density at radius 3 is 3.00 bits per heavy atom. The predicted molar refractivity (Wildman–Crippen MR) is 57.8 cm³/mol. The molecule has 0 spiro atoms. The molecule has 13 heavy (non-hydrogen) atoms. The summed E-state index contributed by atoms with van der Waals surface area (Å²) in [5, 5.41) is 13.0. The fourth-order valence-electron chi connectivity index (χ4n) is 1.72. The van der Waals surface area contributed by atoms with E-state index in [1.54, 1.807) is 0 Å². The van der Waals surface area contributed by atoms with E-state index >= 15 is 0 Å². The lowest BCUT2D eigenvalue weighted by atomic mass is 9.91. The third-order valence-corrected chi connectivity index (χ3v) is 4.09. The first-order valence-corrected chi connectivity index (χ1v) is 6.08. The summed E-state index contributed by atoms with van der Waals surface area (Å²) >= 11 is 1.92. The van der Waals surface area contributed by atoms with Crippen molar-refractivity contribution < 1.29 is 0 Å². The molecule has 1 heterocycles. The smallest absolute Gasteiger partial charge is 0.118 e. The van der Waals surface area contributed by atoms with Crippen LogP contribution in [0.2, 0.25) is 0 Å². The average molecular weight is 198 g/mol. The Balaban J connectivity index is 2.60. The van der Waals surface area contributed by atoms with Crippen molar-refractivity contribution in [2.75, 3.05) is 12.3 Å². The number of thioether (sulfide) groups is 1. The largest absolute Gasteiger partial charge is 0.298 e. The van der Waals surface area contributed by atoms with E-state index in [2.05, 4.69) is 25.2 Å². The van der Waals surface area contributed by atoms with Gasteiger partial charge in [0.15, 0.2) is 0 Å². The monoisotopic (exact) mass is 198 g/mol. The lowest BCUT2D eigenvalue weighted by Gasteiger charge is -2.37. The Labute approximate surface area is 85.1 Å². The van der Waals surface area contributed by atoms with Gasteiger partial charge in [-0.1, -0.05) is 13.8 Å². The Morgan fingerprint density at radius 1 is 1.69 bits per heavy atom. The van der Waals surface area contributed by atoms with Crippen LogP contribution in [0.15, 0.2) is 0 Å².